The Morgan fingerprint density at radius 2 is 1.91 bits per heavy atom. The first kappa shape index (κ1) is 25.2. The topological polar surface area (TPSA) is 66.0 Å². The molecule has 2 fully saturated rings. The largest absolute Gasteiger partial charge is 0.497 e. The average molecular weight is 479 g/mol. The molecular weight excluding hydrogens is 440 g/mol. The molecule has 7 heteroatoms. The van der Waals surface area contributed by atoms with E-state index in [9.17, 15) is 9.59 Å². The van der Waals surface area contributed by atoms with Crippen molar-refractivity contribution in [1.82, 2.24) is 19.7 Å². The fraction of sp³-hybridized carbons (Fsp3) is 0.536. The third-order valence-electron chi connectivity index (χ3n) is 7.76. The number of piperidine rings is 2. The monoisotopic (exact) mass is 478 g/mol. The molecule has 0 saturated carbocycles. The van der Waals surface area contributed by atoms with Gasteiger partial charge in [-0.15, -0.1) is 0 Å². The van der Waals surface area contributed by atoms with Crippen molar-refractivity contribution in [1.29, 1.82) is 0 Å². The number of pyridine rings is 1. The van der Waals surface area contributed by atoms with Crippen LogP contribution in [-0.2, 0) is 11.2 Å². The van der Waals surface area contributed by atoms with Crippen molar-refractivity contribution < 1.29 is 14.3 Å². The molecule has 2 aromatic rings. The summed E-state index contributed by atoms with van der Waals surface area (Å²) in [5.74, 6) is 1.38. The third-order valence-corrected chi connectivity index (χ3v) is 7.76. The van der Waals surface area contributed by atoms with Crippen molar-refractivity contribution in [2.45, 2.75) is 50.6 Å². The zero-order valence-electron chi connectivity index (χ0n) is 21.2. The van der Waals surface area contributed by atoms with Crippen LogP contribution in [0.15, 0.2) is 48.8 Å². The van der Waals surface area contributed by atoms with Crippen LogP contribution >= 0.6 is 0 Å². The Hall–Kier alpha value is -2.93. The van der Waals surface area contributed by atoms with Crippen LogP contribution in [-0.4, -0.2) is 84.4 Å². The number of hydrogen-bond acceptors (Lipinski definition) is 5. The molecule has 0 bridgehead atoms. The highest BCUT2D eigenvalue weighted by Gasteiger charge is 2.36. The van der Waals surface area contributed by atoms with Gasteiger partial charge in [0.15, 0.2) is 0 Å². The molecule has 188 valence electrons. The lowest BCUT2D eigenvalue weighted by atomic mass is 9.84. The van der Waals surface area contributed by atoms with E-state index < -0.39 is 0 Å². The van der Waals surface area contributed by atoms with E-state index in [1.54, 1.807) is 25.6 Å². The normalized spacial score (nSPS) is 20.3. The van der Waals surface area contributed by atoms with Gasteiger partial charge < -0.3 is 14.5 Å². The lowest BCUT2D eigenvalue weighted by Gasteiger charge is -2.42. The summed E-state index contributed by atoms with van der Waals surface area (Å²) < 4.78 is 5.43. The van der Waals surface area contributed by atoms with Gasteiger partial charge in [0.05, 0.1) is 18.7 Å². The number of rotatable bonds is 7. The minimum atomic E-state index is -0.0201. The summed E-state index contributed by atoms with van der Waals surface area (Å²) in [6.07, 6.45) is 9.08. The van der Waals surface area contributed by atoms with Gasteiger partial charge >= 0.3 is 0 Å². The second kappa shape index (κ2) is 11.7. The van der Waals surface area contributed by atoms with Gasteiger partial charge in [-0.3, -0.25) is 19.5 Å². The number of hydrogen-bond donors (Lipinski definition) is 0. The average Bonchev–Trinajstić information content (AvgIpc) is 2.91. The molecule has 1 aromatic carbocycles. The van der Waals surface area contributed by atoms with E-state index in [0.717, 1.165) is 63.1 Å². The third kappa shape index (κ3) is 6.01. The summed E-state index contributed by atoms with van der Waals surface area (Å²) in [6, 6.07) is 11.7. The molecule has 1 aromatic heterocycles. The zero-order chi connectivity index (χ0) is 24.8. The highest BCUT2D eigenvalue weighted by atomic mass is 16.5. The van der Waals surface area contributed by atoms with Crippen LogP contribution in [0.5, 0.6) is 5.75 Å². The number of nitrogens with zero attached hydrogens (tertiary/aromatic N) is 4. The van der Waals surface area contributed by atoms with Gasteiger partial charge in [0.1, 0.15) is 5.75 Å². The maximum atomic E-state index is 13.3. The van der Waals surface area contributed by atoms with E-state index in [1.165, 1.54) is 6.42 Å². The maximum absolute atomic E-state index is 13.3. The minimum Gasteiger partial charge on any atom is -0.497 e. The SMILES string of the molecule is COc1cccc(C[C@H](C2CCN(C(=O)[C@@H]3CCCCN3C)CC2)N(C)C(=O)c2cccnc2)c1. The summed E-state index contributed by atoms with van der Waals surface area (Å²) in [4.78, 5) is 36.9. The van der Waals surface area contributed by atoms with E-state index in [-0.39, 0.29) is 23.9 Å². The van der Waals surface area contributed by atoms with Gasteiger partial charge in [-0.2, -0.15) is 0 Å². The van der Waals surface area contributed by atoms with Crippen LogP contribution in [0, 0.1) is 5.92 Å². The van der Waals surface area contributed by atoms with E-state index >= 15 is 0 Å². The number of methoxy groups -OCH3 is 1. The number of likely N-dealkylation sites (N-methyl/N-ethyl adjacent to an activating group) is 2. The number of amides is 2. The number of benzene rings is 1. The van der Waals surface area contributed by atoms with Crippen molar-refractivity contribution in [3.63, 3.8) is 0 Å². The summed E-state index contributed by atoms with van der Waals surface area (Å²) in [7, 11) is 5.64. The van der Waals surface area contributed by atoms with E-state index in [2.05, 4.69) is 27.9 Å². The Morgan fingerprint density at radius 3 is 2.60 bits per heavy atom. The summed E-state index contributed by atoms with van der Waals surface area (Å²) in [5.41, 5.74) is 1.74. The van der Waals surface area contributed by atoms with Crippen LogP contribution in [0.25, 0.3) is 0 Å². The summed E-state index contributed by atoms with van der Waals surface area (Å²) >= 11 is 0. The number of aromatic nitrogens is 1. The molecule has 0 radical (unpaired) electrons. The van der Waals surface area contributed by atoms with Crippen molar-refractivity contribution in [2.75, 3.05) is 40.8 Å². The quantitative estimate of drug-likeness (QED) is 0.610. The zero-order valence-corrected chi connectivity index (χ0v) is 21.2. The molecular formula is C28H38N4O3. The van der Waals surface area contributed by atoms with E-state index in [0.29, 0.717) is 11.5 Å². The van der Waals surface area contributed by atoms with Crippen LogP contribution in [0.3, 0.4) is 0 Å². The number of carbonyl (C=O) groups is 2. The van der Waals surface area contributed by atoms with Crippen LogP contribution < -0.4 is 4.74 Å². The number of ether oxygens (including phenoxy) is 1. The first-order valence-electron chi connectivity index (χ1n) is 12.8. The van der Waals surface area contributed by atoms with Gasteiger partial charge in [-0.25, -0.2) is 0 Å². The molecule has 4 rings (SSSR count). The van der Waals surface area contributed by atoms with Crippen LogP contribution in [0.4, 0.5) is 0 Å². The molecule has 0 spiro atoms. The first-order valence-corrected chi connectivity index (χ1v) is 12.8. The fourth-order valence-corrected chi connectivity index (χ4v) is 5.61. The van der Waals surface area contributed by atoms with Gasteiger partial charge in [-0.1, -0.05) is 18.6 Å². The number of carbonyl (C=O) groups excluding carboxylic acids is 2. The molecule has 0 unspecified atom stereocenters. The molecule has 35 heavy (non-hydrogen) atoms. The second-order valence-corrected chi connectivity index (χ2v) is 9.94. The van der Waals surface area contributed by atoms with Gasteiger partial charge in [0.2, 0.25) is 5.91 Å². The van der Waals surface area contributed by atoms with Crippen LogP contribution in [0.1, 0.15) is 48.0 Å². The van der Waals surface area contributed by atoms with Crippen molar-refractivity contribution >= 4 is 11.8 Å². The molecule has 3 heterocycles. The number of likely N-dealkylation sites (tertiary alicyclic amines) is 2. The Morgan fingerprint density at radius 1 is 1.11 bits per heavy atom. The second-order valence-electron chi connectivity index (χ2n) is 9.94. The predicted molar refractivity (Wildman–Crippen MR) is 136 cm³/mol. The summed E-state index contributed by atoms with van der Waals surface area (Å²) in [6.45, 7) is 2.49. The standard InChI is InChI=1S/C28H38N4O3/c1-30-15-5-4-11-25(30)28(34)32-16-12-22(13-17-32)26(19-21-8-6-10-24(18-21)35-3)31(2)27(33)23-9-7-14-29-20-23/h6-10,14,18,20,22,25-26H,4-5,11-13,15-17,19H2,1-3H3/t25-,26+/m0/s1. The Labute approximate surface area is 209 Å². The molecule has 2 aliphatic heterocycles. The smallest absolute Gasteiger partial charge is 0.255 e. The van der Waals surface area contributed by atoms with Gasteiger partial charge in [-0.05, 0) is 81.4 Å². The van der Waals surface area contributed by atoms with E-state index in [4.69, 9.17) is 4.74 Å². The predicted octanol–water partition coefficient (Wildman–Crippen LogP) is 3.50. The van der Waals surface area contributed by atoms with E-state index in [1.807, 2.05) is 36.2 Å². The molecule has 7 nitrogen and oxygen atoms in total. The van der Waals surface area contributed by atoms with Crippen molar-refractivity contribution in [3.05, 3.63) is 59.9 Å². The first-order chi connectivity index (χ1) is 17.0. The van der Waals surface area contributed by atoms with Crippen molar-refractivity contribution in [3.8, 4) is 5.75 Å². The maximum Gasteiger partial charge on any atom is 0.255 e. The van der Waals surface area contributed by atoms with Gasteiger partial charge in [0.25, 0.3) is 5.91 Å². The molecule has 2 aliphatic rings. The Balaban J connectivity index is 1.49. The van der Waals surface area contributed by atoms with Crippen LogP contribution in [0.2, 0.25) is 0 Å². The molecule has 2 saturated heterocycles. The Bertz CT molecular complexity index is 991. The van der Waals surface area contributed by atoms with Gasteiger partial charge in [0, 0.05) is 38.6 Å². The fourth-order valence-electron chi connectivity index (χ4n) is 5.61. The highest BCUT2D eigenvalue weighted by Crippen LogP contribution is 2.29. The Kier molecular flexibility index (Phi) is 8.39. The highest BCUT2D eigenvalue weighted by molar-refractivity contribution is 5.94. The molecule has 0 aliphatic carbocycles. The molecule has 0 N–H and O–H groups in total. The lowest BCUT2D eigenvalue weighted by molar-refractivity contribution is -0.139. The van der Waals surface area contributed by atoms with Crippen molar-refractivity contribution in [2.24, 2.45) is 5.92 Å². The molecule has 2 atom stereocenters. The lowest BCUT2D eigenvalue weighted by Crippen LogP contribution is -2.53. The minimum absolute atomic E-state index is 0.0164. The molecule has 2 amide bonds. The summed E-state index contributed by atoms with van der Waals surface area (Å²) in [5, 5.41) is 0.